The molecule has 4 rings (SSSR count). The second-order valence-corrected chi connectivity index (χ2v) is 13.8. The molecular weight excluding hydrogens is 447 g/mol. The standard InChI is InChI=1S/C27H35FN2O3Si/c1-19-24(33-25(17-18-31)27(19)34(2,3)28)15-11-20-9-12-22(13-10-20)30-26(32)16-14-23(29-30)21-7-5-4-6-8-21/h4-10,12-13,19,24-25,27,31H,11,14-18H2,1-3H3/t19-,24+,25-,27+/m0/s1. The van der Waals surface area contributed by atoms with Gasteiger partial charge in [0.1, 0.15) is 0 Å². The van der Waals surface area contributed by atoms with Crippen LogP contribution in [-0.2, 0) is 16.0 Å². The minimum absolute atomic E-state index is 0.000387. The SMILES string of the molecule is C[C@@H]1[C@@H]([Si](C)(C)F)[C@H](CCO)O[C@@H]1CCc1ccc(N2N=C(c3ccccc3)CCC2=O)cc1. The number of rotatable bonds is 8. The molecule has 0 spiro atoms. The van der Waals surface area contributed by atoms with Crippen LogP contribution in [-0.4, -0.2) is 43.9 Å². The number of hydrazone groups is 1. The first-order valence-corrected chi connectivity index (χ1v) is 15.2. The molecule has 182 valence electrons. The quantitative estimate of drug-likeness (QED) is 0.400. The molecule has 0 unspecified atom stereocenters. The average Bonchev–Trinajstić information content (AvgIpc) is 3.14. The van der Waals surface area contributed by atoms with E-state index in [1.807, 2.05) is 54.6 Å². The molecule has 2 aliphatic rings. The molecule has 0 aromatic heterocycles. The van der Waals surface area contributed by atoms with E-state index in [1.54, 1.807) is 13.1 Å². The summed E-state index contributed by atoms with van der Waals surface area (Å²) in [5.74, 6) is 0.138. The van der Waals surface area contributed by atoms with Crippen molar-refractivity contribution in [3.05, 3.63) is 65.7 Å². The number of anilines is 1. The summed E-state index contributed by atoms with van der Waals surface area (Å²) in [6, 6.07) is 17.9. The maximum atomic E-state index is 15.0. The highest BCUT2D eigenvalue weighted by molar-refractivity contribution is 6.72. The van der Waals surface area contributed by atoms with Crippen molar-refractivity contribution >= 4 is 25.7 Å². The number of benzene rings is 2. The van der Waals surface area contributed by atoms with Crippen LogP contribution in [0, 0.1) is 5.92 Å². The maximum Gasteiger partial charge on any atom is 0.247 e. The monoisotopic (exact) mass is 482 g/mol. The van der Waals surface area contributed by atoms with Gasteiger partial charge < -0.3 is 14.0 Å². The number of hydrogen-bond acceptors (Lipinski definition) is 4. The van der Waals surface area contributed by atoms with E-state index in [4.69, 9.17) is 4.74 Å². The van der Waals surface area contributed by atoms with E-state index in [1.165, 1.54) is 5.01 Å². The normalized spacial score (nSPS) is 25.5. The molecule has 2 aromatic carbocycles. The molecule has 0 saturated carbocycles. The zero-order valence-electron chi connectivity index (χ0n) is 20.3. The van der Waals surface area contributed by atoms with Gasteiger partial charge in [0.25, 0.3) is 0 Å². The molecule has 7 heteroatoms. The number of amides is 1. The Kier molecular flexibility index (Phi) is 7.65. The van der Waals surface area contributed by atoms with Crippen LogP contribution in [0.25, 0.3) is 0 Å². The van der Waals surface area contributed by atoms with Crippen molar-refractivity contribution in [1.82, 2.24) is 0 Å². The Morgan fingerprint density at radius 3 is 2.41 bits per heavy atom. The van der Waals surface area contributed by atoms with Gasteiger partial charge in [0.15, 0.2) is 0 Å². The molecule has 1 amide bonds. The zero-order valence-corrected chi connectivity index (χ0v) is 21.3. The minimum atomic E-state index is -2.89. The van der Waals surface area contributed by atoms with Crippen molar-refractivity contribution in [2.45, 2.75) is 69.9 Å². The minimum Gasteiger partial charge on any atom is -0.396 e. The number of carbonyl (C=O) groups excluding carboxylic acids is 1. The molecule has 0 radical (unpaired) electrons. The van der Waals surface area contributed by atoms with Crippen LogP contribution < -0.4 is 5.01 Å². The van der Waals surface area contributed by atoms with Gasteiger partial charge in [-0.3, -0.25) is 4.79 Å². The van der Waals surface area contributed by atoms with Crippen molar-refractivity contribution < 1.29 is 18.7 Å². The number of aliphatic hydroxyl groups excluding tert-OH is 1. The molecular formula is C27H35FN2O3Si. The predicted octanol–water partition coefficient (Wildman–Crippen LogP) is 5.48. The van der Waals surface area contributed by atoms with Crippen LogP contribution in [0.2, 0.25) is 18.6 Å². The lowest BCUT2D eigenvalue weighted by Crippen LogP contribution is -2.36. The number of ether oxygens (including phenoxy) is 1. The topological polar surface area (TPSA) is 62.1 Å². The number of aliphatic hydroxyl groups is 1. The summed E-state index contributed by atoms with van der Waals surface area (Å²) in [7, 11) is -2.89. The number of hydrogen-bond donors (Lipinski definition) is 1. The first kappa shape index (κ1) is 24.8. The van der Waals surface area contributed by atoms with Crippen LogP contribution >= 0.6 is 0 Å². The third kappa shape index (κ3) is 5.48. The van der Waals surface area contributed by atoms with Gasteiger partial charge in [-0.15, -0.1) is 0 Å². The molecule has 4 atom stereocenters. The largest absolute Gasteiger partial charge is 0.396 e. The van der Waals surface area contributed by atoms with Crippen LogP contribution in [0.4, 0.5) is 9.80 Å². The lowest BCUT2D eigenvalue weighted by Gasteiger charge is -2.28. The van der Waals surface area contributed by atoms with E-state index < -0.39 is 8.41 Å². The lowest BCUT2D eigenvalue weighted by atomic mass is 9.95. The fraction of sp³-hybridized carbons (Fsp3) is 0.481. The van der Waals surface area contributed by atoms with Gasteiger partial charge in [0.2, 0.25) is 14.3 Å². The Hall–Kier alpha value is -2.35. The van der Waals surface area contributed by atoms with E-state index in [0.29, 0.717) is 19.3 Å². The molecule has 1 fully saturated rings. The summed E-state index contributed by atoms with van der Waals surface area (Å²) in [5, 5.41) is 15.5. The van der Waals surface area contributed by atoms with Gasteiger partial charge in [-0.1, -0.05) is 49.4 Å². The maximum absolute atomic E-state index is 15.0. The second-order valence-electron chi connectivity index (χ2n) is 10.00. The van der Waals surface area contributed by atoms with E-state index in [-0.39, 0.29) is 36.2 Å². The van der Waals surface area contributed by atoms with Gasteiger partial charge in [-0.2, -0.15) is 5.10 Å². The van der Waals surface area contributed by atoms with Crippen LogP contribution in [0.5, 0.6) is 0 Å². The highest BCUT2D eigenvalue weighted by Crippen LogP contribution is 2.46. The fourth-order valence-corrected chi connectivity index (χ4v) is 8.07. The van der Waals surface area contributed by atoms with E-state index >= 15 is 0 Å². The van der Waals surface area contributed by atoms with E-state index in [9.17, 15) is 14.0 Å². The summed E-state index contributed by atoms with van der Waals surface area (Å²) in [6.07, 6.45) is 3.00. The van der Waals surface area contributed by atoms with Crippen LogP contribution in [0.15, 0.2) is 59.7 Å². The third-order valence-corrected chi connectivity index (χ3v) is 9.63. The smallest absolute Gasteiger partial charge is 0.247 e. The van der Waals surface area contributed by atoms with Crippen molar-refractivity contribution in [1.29, 1.82) is 0 Å². The zero-order chi connectivity index (χ0) is 24.3. The Bertz CT molecular complexity index is 1010. The van der Waals surface area contributed by atoms with Gasteiger partial charge in [-0.05, 0) is 61.5 Å². The number of nitrogens with zero attached hydrogens (tertiary/aromatic N) is 2. The molecule has 2 aliphatic heterocycles. The second kappa shape index (κ2) is 10.5. The van der Waals surface area contributed by atoms with Gasteiger partial charge in [-0.25, -0.2) is 5.01 Å². The van der Waals surface area contributed by atoms with Crippen molar-refractivity contribution in [3.63, 3.8) is 0 Å². The number of aryl methyl sites for hydroxylation is 1. The summed E-state index contributed by atoms with van der Waals surface area (Å²) >= 11 is 0. The Labute approximate surface area is 202 Å². The Balaban J connectivity index is 1.42. The first-order chi connectivity index (χ1) is 16.3. The van der Waals surface area contributed by atoms with Crippen molar-refractivity contribution in [2.75, 3.05) is 11.6 Å². The summed E-state index contributed by atoms with van der Waals surface area (Å²) in [5.41, 5.74) is 3.78. The average molecular weight is 483 g/mol. The van der Waals surface area contributed by atoms with E-state index in [0.717, 1.165) is 35.4 Å². The highest BCUT2D eigenvalue weighted by atomic mass is 28.4. The molecule has 0 bridgehead atoms. The van der Waals surface area contributed by atoms with Gasteiger partial charge in [0.05, 0.1) is 23.6 Å². The molecule has 5 nitrogen and oxygen atoms in total. The highest BCUT2D eigenvalue weighted by Gasteiger charge is 2.50. The Morgan fingerprint density at radius 1 is 1.06 bits per heavy atom. The molecule has 1 N–H and O–H groups in total. The summed E-state index contributed by atoms with van der Waals surface area (Å²) in [4.78, 5) is 12.5. The van der Waals surface area contributed by atoms with Crippen molar-refractivity contribution in [3.8, 4) is 0 Å². The van der Waals surface area contributed by atoms with E-state index in [2.05, 4.69) is 12.0 Å². The number of halogens is 1. The molecule has 0 aliphatic carbocycles. The van der Waals surface area contributed by atoms with Crippen molar-refractivity contribution in [2.24, 2.45) is 11.0 Å². The van der Waals surface area contributed by atoms with Gasteiger partial charge in [0, 0.05) is 25.0 Å². The fourth-order valence-electron chi connectivity index (χ4n) is 5.48. The van der Waals surface area contributed by atoms with Crippen LogP contribution in [0.3, 0.4) is 0 Å². The molecule has 1 saturated heterocycles. The molecule has 2 heterocycles. The van der Waals surface area contributed by atoms with Gasteiger partial charge >= 0.3 is 0 Å². The summed E-state index contributed by atoms with van der Waals surface area (Å²) < 4.78 is 21.2. The van der Waals surface area contributed by atoms with Crippen LogP contribution in [0.1, 0.15) is 43.7 Å². The Morgan fingerprint density at radius 2 is 1.76 bits per heavy atom. The summed E-state index contributed by atoms with van der Waals surface area (Å²) in [6.45, 7) is 5.61. The molecule has 34 heavy (non-hydrogen) atoms. The lowest BCUT2D eigenvalue weighted by molar-refractivity contribution is -0.118. The third-order valence-electron chi connectivity index (χ3n) is 7.15. The number of carbonyl (C=O) groups is 1. The predicted molar refractivity (Wildman–Crippen MR) is 136 cm³/mol. The first-order valence-electron chi connectivity index (χ1n) is 12.3. The molecule has 2 aromatic rings.